The second-order valence-electron chi connectivity index (χ2n) is 6.87. The highest BCUT2D eigenvalue weighted by molar-refractivity contribution is 5.96. The fourth-order valence-corrected chi connectivity index (χ4v) is 3.19. The predicted octanol–water partition coefficient (Wildman–Crippen LogP) is 4.47. The number of carbonyl (C=O) groups excluding carboxylic acids is 1. The molecule has 3 aromatic heterocycles. The van der Waals surface area contributed by atoms with Crippen LogP contribution in [0.5, 0.6) is 0 Å². The Balaban J connectivity index is 1.68. The Morgan fingerprint density at radius 1 is 1.10 bits per heavy atom. The Bertz CT molecular complexity index is 1200. The Labute approximate surface area is 166 Å². The minimum atomic E-state index is -0.804. The molecule has 0 spiro atoms. The van der Waals surface area contributed by atoms with E-state index in [4.69, 9.17) is 0 Å². The monoisotopic (exact) mass is 392 g/mol. The molecule has 5 nitrogen and oxygen atoms in total. The molecule has 4 aromatic rings. The van der Waals surface area contributed by atoms with Gasteiger partial charge in [-0.25, -0.2) is 13.8 Å². The molecule has 1 atom stereocenters. The maximum atomic E-state index is 14.0. The highest BCUT2D eigenvalue weighted by atomic mass is 19.1. The van der Waals surface area contributed by atoms with Crippen LogP contribution in [0.15, 0.2) is 61.1 Å². The summed E-state index contributed by atoms with van der Waals surface area (Å²) in [7, 11) is 0. The first-order chi connectivity index (χ1) is 13.9. The minimum absolute atomic E-state index is 0.0274. The third-order valence-corrected chi connectivity index (χ3v) is 4.71. The number of halogens is 2. The van der Waals surface area contributed by atoms with Crippen LogP contribution < -0.4 is 5.32 Å². The summed E-state index contributed by atoms with van der Waals surface area (Å²) >= 11 is 0. The van der Waals surface area contributed by atoms with Gasteiger partial charge in [-0.15, -0.1) is 0 Å². The van der Waals surface area contributed by atoms with Crippen molar-refractivity contribution in [1.29, 1.82) is 0 Å². The molecule has 1 aromatic carbocycles. The van der Waals surface area contributed by atoms with E-state index in [0.29, 0.717) is 11.2 Å². The molecule has 146 valence electrons. The van der Waals surface area contributed by atoms with Crippen LogP contribution in [0, 0.1) is 18.6 Å². The molecule has 0 saturated carbocycles. The normalized spacial score (nSPS) is 12.1. The van der Waals surface area contributed by atoms with Crippen LogP contribution in [0.3, 0.4) is 0 Å². The van der Waals surface area contributed by atoms with Gasteiger partial charge in [-0.2, -0.15) is 0 Å². The second-order valence-corrected chi connectivity index (χ2v) is 6.87. The topological polar surface area (TPSA) is 59.3 Å². The number of imidazole rings is 1. The summed E-state index contributed by atoms with van der Waals surface area (Å²) in [6.07, 6.45) is 4.41. The van der Waals surface area contributed by atoms with Crippen molar-refractivity contribution in [2.24, 2.45) is 0 Å². The van der Waals surface area contributed by atoms with E-state index < -0.39 is 23.6 Å². The number of fused-ring (bicyclic) bond motifs is 1. The lowest BCUT2D eigenvalue weighted by Gasteiger charge is -2.15. The van der Waals surface area contributed by atoms with Crippen molar-refractivity contribution in [2.45, 2.75) is 19.9 Å². The Hall–Kier alpha value is -3.61. The van der Waals surface area contributed by atoms with Gasteiger partial charge in [-0.05, 0) is 31.5 Å². The lowest BCUT2D eigenvalue weighted by Crippen LogP contribution is -2.28. The van der Waals surface area contributed by atoms with Crippen LogP contribution in [0.2, 0.25) is 0 Å². The zero-order valence-corrected chi connectivity index (χ0v) is 15.9. The summed E-state index contributed by atoms with van der Waals surface area (Å²) in [6.45, 7) is 3.60. The van der Waals surface area contributed by atoms with Gasteiger partial charge in [-0.1, -0.05) is 29.8 Å². The van der Waals surface area contributed by atoms with Crippen LogP contribution in [-0.4, -0.2) is 20.3 Å². The number of aromatic nitrogens is 3. The van der Waals surface area contributed by atoms with Crippen molar-refractivity contribution in [1.82, 2.24) is 19.7 Å². The fourth-order valence-electron chi connectivity index (χ4n) is 3.19. The van der Waals surface area contributed by atoms with Gasteiger partial charge >= 0.3 is 0 Å². The Kier molecular flexibility index (Phi) is 4.80. The molecule has 0 unspecified atom stereocenters. The number of nitrogens with zero attached hydrogens (tertiary/aromatic N) is 3. The molecule has 0 radical (unpaired) electrons. The lowest BCUT2D eigenvalue weighted by molar-refractivity contribution is 0.0938. The molecule has 0 fully saturated rings. The first-order valence-corrected chi connectivity index (χ1v) is 9.08. The van der Waals surface area contributed by atoms with Crippen molar-refractivity contribution in [3.05, 3.63) is 89.5 Å². The third kappa shape index (κ3) is 3.71. The number of amides is 1. The summed E-state index contributed by atoms with van der Waals surface area (Å²) in [6, 6.07) is 11.4. The van der Waals surface area contributed by atoms with E-state index in [1.807, 2.05) is 41.8 Å². The van der Waals surface area contributed by atoms with Crippen molar-refractivity contribution < 1.29 is 13.6 Å². The minimum Gasteiger partial charge on any atom is -0.344 e. The molecule has 0 saturated heterocycles. The lowest BCUT2D eigenvalue weighted by atomic mass is 10.1. The summed E-state index contributed by atoms with van der Waals surface area (Å²) in [5, 5.41) is 2.72. The molecular formula is C22H18F2N4O. The molecule has 0 bridgehead atoms. The van der Waals surface area contributed by atoms with E-state index in [1.54, 1.807) is 25.3 Å². The first-order valence-electron chi connectivity index (χ1n) is 9.08. The van der Waals surface area contributed by atoms with Gasteiger partial charge in [0.2, 0.25) is 0 Å². The first kappa shape index (κ1) is 18.7. The van der Waals surface area contributed by atoms with E-state index in [2.05, 4.69) is 15.3 Å². The molecule has 0 aliphatic rings. The molecule has 1 N–H and O–H groups in total. The summed E-state index contributed by atoms with van der Waals surface area (Å²) < 4.78 is 29.0. The zero-order valence-electron chi connectivity index (χ0n) is 15.9. The van der Waals surface area contributed by atoms with E-state index in [1.165, 1.54) is 0 Å². The number of nitrogens with one attached hydrogen (secondary N) is 1. The molecule has 3 heterocycles. The summed E-state index contributed by atoms with van der Waals surface area (Å²) in [5.41, 5.74) is 3.85. The van der Waals surface area contributed by atoms with Gasteiger partial charge in [0.05, 0.1) is 23.6 Å². The number of benzene rings is 1. The fraction of sp³-hybridized carbons (Fsp3) is 0.136. The predicted molar refractivity (Wildman–Crippen MR) is 105 cm³/mol. The van der Waals surface area contributed by atoms with Gasteiger partial charge in [0.1, 0.15) is 17.3 Å². The number of hydrogen-bond donors (Lipinski definition) is 1. The highest BCUT2D eigenvalue weighted by Gasteiger charge is 2.18. The number of hydrogen-bond acceptors (Lipinski definition) is 3. The van der Waals surface area contributed by atoms with E-state index >= 15 is 0 Å². The molecule has 0 aliphatic carbocycles. The van der Waals surface area contributed by atoms with Gasteiger partial charge in [0, 0.05) is 24.0 Å². The van der Waals surface area contributed by atoms with Crippen LogP contribution >= 0.6 is 0 Å². The largest absolute Gasteiger partial charge is 0.344 e. The molecular weight excluding hydrogens is 374 g/mol. The molecule has 29 heavy (non-hydrogen) atoms. The smallest absolute Gasteiger partial charge is 0.252 e. The van der Waals surface area contributed by atoms with Gasteiger partial charge in [0.15, 0.2) is 0 Å². The number of pyridine rings is 2. The van der Waals surface area contributed by atoms with Crippen LogP contribution in [0.4, 0.5) is 8.78 Å². The second kappa shape index (κ2) is 7.43. The molecule has 0 aliphatic heterocycles. The number of rotatable bonds is 4. The Morgan fingerprint density at radius 2 is 1.86 bits per heavy atom. The standard InChI is InChI=1S/C22H18F2N4O/c1-13-3-5-15(6-4-13)19-9-16(10-20-25-7-8-28(19)20)22(29)27-14(2)21-18(24)11-17(23)12-26-21/h3-12,14H,1-2H3,(H,27,29)/t14-/m1/s1. The molecule has 4 rings (SSSR count). The summed E-state index contributed by atoms with van der Waals surface area (Å²) in [4.78, 5) is 20.9. The molecule has 1 amide bonds. The van der Waals surface area contributed by atoms with Crippen LogP contribution in [0.25, 0.3) is 16.9 Å². The van der Waals surface area contributed by atoms with Gasteiger partial charge in [-0.3, -0.25) is 14.2 Å². The number of aryl methyl sites for hydroxylation is 1. The maximum Gasteiger partial charge on any atom is 0.252 e. The van der Waals surface area contributed by atoms with Crippen molar-refractivity contribution in [3.63, 3.8) is 0 Å². The highest BCUT2D eigenvalue weighted by Crippen LogP contribution is 2.24. The Morgan fingerprint density at radius 3 is 2.59 bits per heavy atom. The average molecular weight is 392 g/mol. The average Bonchev–Trinajstić information content (AvgIpc) is 3.16. The van der Waals surface area contributed by atoms with Crippen molar-refractivity contribution in [3.8, 4) is 11.3 Å². The number of carbonyl (C=O) groups is 1. The SMILES string of the molecule is Cc1ccc(-c2cc(C(=O)N[C@H](C)c3ncc(F)cc3F)cc3nccn23)cc1. The van der Waals surface area contributed by atoms with Gasteiger partial charge < -0.3 is 5.32 Å². The third-order valence-electron chi connectivity index (χ3n) is 4.71. The van der Waals surface area contributed by atoms with E-state index in [9.17, 15) is 13.6 Å². The maximum absolute atomic E-state index is 14.0. The van der Waals surface area contributed by atoms with Crippen LogP contribution in [0.1, 0.15) is 34.6 Å². The van der Waals surface area contributed by atoms with E-state index in [0.717, 1.165) is 29.1 Å². The van der Waals surface area contributed by atoms with Gasteiger partial charge in [0.25, 0.3) is 5.91 Å². The quantitative estimate of drug-likeness (QED) is 0.557. The zero-order chi connectivity index (χ0) is 20.5. The van der Waals surface area contributed by atoms with E-state index in [-0.39, 0.29) is 5.69 Å². The van der Waals surface area contributed by atoms with Crippen molar-refractivity contribution in [2.75, 3.05) is 0 Å². The summed E-state index contributed by atoms with van der Waals surface area (Å²) in [5.74, 6) is -1.97. The molecule has 7 heteroatoms. The van der Waals surface area contributed by atoms with Crippen LogP contribution in [-0.2, 0) is 0 Å². The van der Waals surface area contributed by atoms with Crippen molar-refractivity contribution >= 4 is 11.6 Å².